The van der Waals surface area contributed by atoms with Gasteiger partial charge in [-0.1, -0.05) is 0 Å². The highest BCUT2D eigenvalue weighted by atomic mass is 32.1. The summed E-state index contributed by atoms with van der Waals surface area (Å²) in [4.78, 5) is 25.0. The predicted molar refractivity (Wildman–Crippen MR) is 97.1 cm³/mol. The number of nitrogens with two attached hydrogens (primary N) is 1. The van der Waals surface area contributed by atoms with Crippen LogP contribution in [0, 0.1) is 0 Å². The van der Waals surface area contributed by atoms with Crippen molar-refractivity contribution < 1.29 is 18.7 Å². The van der Waals surface area contributed by atoms with E-state index >= 15 is 0 Å². The fourth-order valence-electron chi connectivity index (χ4n) is 2.44. The van der Waals surface area contributed by atoms with Gasteiger partial charge in [-0.05, 0) is 31.2 Å². The Kier molecular flexibility index (Phi) is 5.17. The molecule has 0 fully saturated rings. The number of aromatic nitrogens is 2. The zero-order valence-corrected chi connectivity index (χ0v) is 14.7. The lowest BCUT2D eigenvalue weighted by molar-refractivity contribution is 0.0520. The summed E-state index contributed by atoms with van der Waals surface area (Å²) in [5.74, 6) is -0.173. The summed E-state index contributed by atoms with van der Waals surface area (Å²) in [5, 5.41) is 6.69. The maximum atomic E-state index is 12.8. The molecule has 0 atom stereocenters. The number of ether oxygens (including phenoxy) is 2. The van der Waals surface area contributed by atoms with Gasteiger partial charge < -0.3 is 15.2 Å². The molecule has 0 aliphatic rings. The molecule has 0 saturated heterocycles. The van der Waals surface area contributed by atoms with Gasteiger partial charge in [0.1, 0.15) is 19.0 Å². The minimum Gasteiger partial charge on any atom is -0.491 e. The molecule has 2 aromatic heterocycles. The maximum absolute atomic E-state index is 12.8. The van der Waals surface area contributed by atoms with Gasteiger partial charge >= 0.3 is 5.97 Å². The van der Waals surface area contributed by atoms with Crippen LogP contribution < -0.4 is 16.0 Å². The van der Waals surface area contributed by atoms with Crippen LogP contribution >= 0.6 is 11.3 Å². The van der Waals surface area contributed by atoms with Crippen LogP contribution in [0.4, 0.5) is 9.39 Å². The molecule has 0 amide bonds. The fraction of sp³-hybridized carbons (Fsp3) is 0.235. The number of hydrogen-bond acceptors (Lipinski definition) is 7. The van der Waals surface area contributed by atoms with Gasteiger partial charge in [0.05, 0.1) is 22.7 Å². The zero-order chi connectivity index (χ0) is 18.7. The molecule has 0 spiro atoms. The monoisotopic (exact) mass is 377 g/mol. The number of anilines is 1. The summed E-state index contributed by atoms with van der Waals surface area (Å²) in [6.45, 7) is 1.21. The fourth-order valence-corrected chi connectivity index (χ4v) is 3.23. The van der Waals surface area contributed by atoms with E-state index in [0.29, 0.717) is 21.8 Å². The lowest BCUT2D eigenvalue weighted by Gasteiger charge is -2.10. The molecule has 0 aliphatic carbocycles. The molecule has 0 saturated carbocycles. The molecule has 0 radical (unpaired) electrons. The molecule has 0 unspecified atom stereocenters. The SMILES string of the molecule is CCOC(=O)c1nn(-c2ccc(OCCF)cc2)c(=O)c2c(N)scc12. The van der Waals surface area contributed by atoms with Gasteiger partial charge in [0, 0.05) is 10.8 Å². The molecule has 26 heavy (non-hydrogen) atoms. The Morgan fingerprint density at radius 3 is 2.73 bits per heavy atom. The van der Waals surface area contributed by atoms with Crippen molar-refractivity contribution in [1.82, 2.24) is 9.78 Å². The van der Waals surface area contributed by atoms with Crippen molar-refractivity contribution in [2.45, 2.75) is 6.92 Å². The number of nitrogens with zero attached hydrogens (tertiary/aromatic N) is 2. The van der Waals surface area contributed by atoms with E-state index in [2.05, 4.69) is 5.10 Å². The first-order valence-electron chi connectivity index (χ1n) is 7.83. The van der Waals surface area contributed by atoms with Gasteiger partial charge in [0.15, 0.2) is 5.69 Å². The van der Waals surface area contributed by atoms with E-state index < -0.39 is 18.2 Å². The summed E-state index contributed by atoms with van der Waals surface area (Å²) >= 11 is 1.16. The number of carbonyl (C=O) groups is 1. The third kappa shape index (κ3) is 3.25. The van der Waals surface area contributed by atoms with E-state index in [1.54, 1.807) is 36.6 Å². The van der Waals surface area contributed by atoms with Crippen LogP contribution in [0.25, 0.3) is 16.5 Å². The normalized spacial score (nSPS) is 10.8. The first-order valence-corrected chi connectivity index (χ1v) is 8.71. The van der Waals surface area contributed by atoms with Gasteiger partial charge in [-0.25, -0.2) is 9.18 Å². The van der Waals surface area contributed by atoms with Gasteiger partial charge in [0.2, 0.25) is 0 Å². The third-order valence-electron chi connectivity index (χ3n) is 3.58. The van der Waals surface area contributed by atoms with Crippen molar-refractivity contribution in [3.05, 3.63) is 45.7 Å². The number of nitrogen functional groups attached to an aromatic ring is 1. The van der Waals surface area contributed by atoms with Crippen molar-refractivity contribution in [2.75, 3.05) is 25.6 Å². The van der Waals surface area contributed by atoms with E-state index in [1.165, 1.54) is 0 Å². The quantitative estimate of drug-likeness (QED) is 0.663. The Hall–Kier alpha value is -2.94. The number of hydrogen-bond donors (Lipinski definition) is 1. The van der Waals surface area contributed by atoms with Gasteiger partial charge in [-0.15, -0.1) is 11.3 Å². The standard InChI is InChI=1S/C17H16FN3O4S/c1-2-24-17(23)14-12-9-26-15(19)13(12)16(22)21(20-14)10-3-5-11(6-4-10)25-8-7-18/h3-6,9H,2,7-8,19H2,1H3. The lowest BCUT2D eigenvalue weighted by atomic mass is 10.2. The average molecular weight is 377 g/mol. The minimum atomic E-state index is -0.632. The van der Waals surface area contributed by atoms with Gasteiger partial charge in [-0.3, -0.25) is 4.79 Å². The summed E-state index contributed by atoms with van der Waals surface area (Å²) in [6, 6.07) is 6.35. The summed E-state index contributed by atoms with van der Waals surface area (Å²) in [7, 11) is 0. The zero-order valence-electron chi connectivity index (χ0n) is 13.9. The van der Waals surface area contributed by atoms with E-state index in [-0.39, 0.29) is 24.3 Å². The highest BCUT2D eigenvalue weighted by Crippen LogP contribution is 2.28. The molecule has 0 aliphatic heterocycles. The number of rotatable bonds is 6. The number of carbonyl (C=O) groups excluding carboxylic acids is 1. The van der Waals surface area contributed by atoms with Crippen LogP contribution in [0.5, 0.6) is 5.75 Å². The van der Waals surface area contributed by atoms with E-state index in [9.17, 15) is 14.0 Å². The van der Waals surface area contributed by atoms with Crippen LogP contribution in [-0.4, -0.2) is 35.6 Å². The van der Waals surface area contributed by atoms with Crippen LogP contribution in [0.1, 0.15) is 17.4 Å². The lowest BCUT2D eigenvalue weighted by Crippen LogP contribution is -2.25. The molecule has 9 heteroatoms. The molecule has 7 nitrogen and oxygen atoms in total. The van der Waals surface area contributed by atoms with Crippen LogP contribution in [0.2, 0.25) is 0 Å². The predicted octanol–water partition coefficient (Wildman–Crippen LogP) is 2.55. The Morgan fingerprint density at radius 2 is 2.08 bits per heavy atom. The molecular weight excluding hydrogens is 361 g/mol. The topological polar surface area (TPSA) is 96.4 Å². The second-order valence-electron chi connectivity index (χ2n) is 5.21. The first-order chi connectivity index (χ1) is 12.6. The number of thiophene rings is 1. The van der Waals surface area contributed by atoms with Crippen molar-refractivity contribution in [1.29, 1.82) is 0 Å². The van der Waals surface area contributed by atoms with E-state index in [1.807, 2.05) is 0 Å². The molecule has 0 bridgehead atoms. The number of alkyl halides is 1. The first kappa shape index (κ1) is 17.9. The molecular formula is C17H16FN3O4S. The van der Waals surface area contributed by atoms with Crippen molar-refractivity contribution >= 4 is 33.1 Å². The smallest absolute Gasteiger partial charge is 0.359 e. The Bertz CT molecular complexity index is 998. The summed E-state index contributed by atoms with van der Waals surface area (Å²) in [6.07, 6.45) is 0. The molecule has 3 rings (SSSR count). The summed E-state index contributed by atoms with van der Waals surface area (Å²) < 4.78 is 23.5. The average Bonchev–Trinajstić information content (AvgIpc) is 3.03. The van der Waals surface area contributed by atoms with E-state index in [4.69, 9.17) is 15.2 Å². The van der Waals surface area contributed by atoms with Crippen molar-refractivity contribution in [2.24, 2.45) is 0 Å². The van der Waals surface area contributed by atoms with Crippen molar-refractivity contribution in [3.8, 4) is 11.4 Å². The number of esters is 1. The largest absolute Gasteiger partial charge is 0.491 e. The molecule has 1 aromatic carbocycles. The molecule has 2 N–H and O–H groups in total. The van der Waals surface area contributed by atoms with Gasteiger partial charge in [-0.2, -0.15) is 9.78 Å². The Labute approximate surface area is 151 Å². The summed E-state index contributed by atoms with van der Waals surface area (Å²) in [5.41, 5.74) is 5.91. The second-order valence-corrected chi connectivity index (χ2v) is 6.12. The third-order valence-corrected chi connectivity index (χ3v) is 4.39. The van der Waals surface area contributed by atoms with E-state index in [0.717, 1.165) is 16.0 Å². The van der Waals surface area contributed by atoms with Crippen LogP contribution in [0.3, 0.4) is 0 Å². The maximum Gasteiger partial charge on any atom is 0.359 e. The van der Waals surface area contributed by atoms with Crippen LogP contribution in [-0.2, 0) is 4.74 Å². The number of halogens is 1. The second kappa shape index (κ2) is 7.52. The minimum absolute atomic E-state index is 0.0205. The van der Waals surface area contributed by atoms with Crippen molar-refractivity contribution in [3.63, 3.8) is 0 Å². The number of fused-ring (bicyclic) bond motifs is 1. The molecule has 3 aromatic rings. The van der Waals surface area contributed by atoms with Gasteiger partial charge in [0.25, 0.3) is 5.56 Å². The Morgan fingerprint density at radius 1 is 1.35 bits per heavy atom. The number of benzene rings is 1. The highest BCUT2D eigenvalue weighted by molar-refractivity contribution is 7.15. The van der Waals surface area contributed by atoms with Crippen LogP contribution in [0.15, 0.2) is 34.4 Å². The molecule has 136 valence electrons. The highest BCUT2D eigenvalue weighted by Gasteiger charge is 2.21. The Balaban J connectivity index is 2.13. The molecule has 2 heterocycles.